The van der Waals surface area contributed by atoms with Gasteiger partial charge in [0.2, 0.25) is 5.91 Å². The van der Waals surface area contributed by atoms with E-state index in [0.29, 0.717) is 24.3 Å². The molecule has 3 fully saturated rings. The van der Waals surface area contributed by atoms with E-state index in [0.717, 1.165) is 44.2 Å². The molecule has 2 bridgehead atoms. The molecule has 0 spiro atoms. The Morgan fingerprint density at radius 2 is 2.04 bits per heavy atom. The van der Waals surface area contributed by atoms with Gasteiger partial charge in [-0.2, -0.15) is 5.10 Å². The van der Waals surface area contributed by atoms with E-state index in [1.165, 1.54) is 31.4 Å². The zero-order chi connectivity index (χ0) is 16.5. The molecular formula is C19H29N3O2. The summed E-state index contributed by atoms with van der Waals surface area (Å²) < 4.78 is 1.91. The van der Waals surface area contributed by atoms with Gasteiger partial charge in [0.05, 0.1) is 13.2 Å². The van der Waals surface area contributed by atoms with E-state index in [2.05, 4.69) is 16.1 Å². The number of aromatic nitrogens is 2. The fourth-order valence-corrected chi connectivity index (χ4v) is 5.38. The fraction of sp³-hybridized carbons (Fsp3) is 0.789. The monoisotopic (exact) mass is 331 g/mol. The van der Waals surface area contributed by atoms with Gasteiger partial charge >= 0.3 is 0 Å². The summed E-state index contributed by atoms with van der Waals surface area (Å²) in [6.45, 7) is 2.42. The summed E-state index contributed by atoms with van der Waals surface area (Å²) in [5.41, 5.74) is 1.21. The van der Waals surface area contributed by atoms with Gasteiger partial charge in [0.15, 0.2) is 0 Å². The number of piperidine rings is 1. The van der Waals surface area contributed by atoms with Crippen molar-refractivity contribution in [1.82, 2.24) is 14.7 Å². The van der Waals surface area contributed by atoms with Gasteiger partial charge in [0, 0.05) is 37.3 Å². The van der Waals surface area contributed by atoms with Crippen LogP contribution >= 0.6 is 0 Å². The van der Waals surface area contributed by atoms with Gasteiger partial charge in [0.1, 0.15) is 0 Å². The van der Waals surface area contributed by atoms with E-state index in [4.69, 9.17) is 5.11 Å². The highest BCUT2D eigenvalue weighted by atomic mass is 16.3. The first-order chi connectivity index (χ1) is 11.7. The summed E-state index contributed by atoms with van der Waals surface area (Å²) in [5.74, 6) is 3.27. The first-order valence-corrected chi connectivity index (χ1v) is 9.65. The molecule has 1 aromatic heterocycles. The van der Waals surface area contributed by atoms with Crippen LogP contribution in [0.25, 0.3) is 0 Å². The minimum Gasteiger partial charge on any atom is -0.394 e. The van der Waals surface area contributed by atoms with Crippen molar-refractivity contribution in [2.45, 2.75) is 57.4 Å². The molecule has 5 heteroatoms. The van der Waals surface area contributed by atoms with Gasteiger partial charge in [-0.15, -0.1) is 0 Å². The highest BCUT2D eigenvalue weighted by molar-refractivity contribution is 5.76. The van der Waals surface area contributed by atoms with Gasteiger partial charge in [-0.25, -0.2) is 0 Å². The predicted octanol–water partition coefficient (Wildman–Crippen LogP) is 2.41. The second kappa shape index (κ2) is 6.87. The highest BCUT2D eigenvalue weighted by Crippen LogP contribution is 2.49. The average molecular weight is 331 g/mol. The third kappa shape index (κ3) is 3.10. The first kappa shape index (κ1) is 16.1. The number of hydrogen-bond acceptors (Lipinski definition) is 3. The second-order valence-corrected chi connectivity index (χ2v) is 8.00. The molecule has 2 saturated carbocycles. The molecule has 1 N–H and O–H groups in total. The maximum atomic E-state index is 12.7. The number of rotatable bonds is 5. The Labute approximate surface area is 144 Å². The topological polar surface area (TPSA) is 58.4 Å². The lowest BCUT2D eigenvalue weighted by Gasteiger charge is -2.33. The third-order valence-corrected chi connectivity index (χ3v) is 6.65. The Bertz CT molecular complexity index is 577. The van der Waals surface area contributed by atoms with Crippen molar-refractivity contribution in [1.29, 1.82) is 0 Å². The van der Waals surface area contributed by atoms with Crippen molar-refractivity contribution in [2.24, 2.45) is 17.8 Å². The largest absolute Gasteiger partial charge is 0.394 e. The van der Waals surface area contributed by atoms with Crippen LogP contribution in [0.15, 0.2) is 12.3 Å². The Balaban J connectivity index is 1.29. The van der Waals surface area contributed by atoms with E-state index in [1.54, 1.807) is 0 Å². The maximum Gasteiger partial charge on any atom is 0.222 e. The minimum atomic E-state index is 0.121. The van der Waals surface area contributed by atoms with Crippen molar-refractivity contribution < 1.29 is 9.90 Å². The van der Waals surface area contributed by atoms with E-state index in [1.807, 2.05) is 10.9 Å². The molecule has 2 heterocycles. The number of carbonyl (C=O) groups is 1. The Kier molecular flexibility index (Phi) is 4.61. The first-order valence-electron chi connectivity index (χ1n) is 9.65. The molecule has 132 valence electrons. The molecular weight excluding hydrogens is 302 g/mol. The Morgan fingerprint density at radius 3 is 2.71 bits per heavy atom. The number of likely N-dealkylation sites (tertiary alicyclic amines) is 1. The lowest BCUT2D eigenvalue weighted by molar-refractivity contribution is -0.133. The van der Waals surface area contributed by atoms with Crippen LogP contribution in [0.4, 0.5) is 0 Å². The van der Waals surface area contributed by atoms with Crippen LogP contribution in [-0.4, -0.2) is 45.4 Å². The number of aliphatic hydroxyl groups excluding tert-OH is 1. The third-order valence-electron chi connectivity index (χ3n) is 6.65. The average Bonchev–Trinajstić information content (AvgIpc) is 3.32. The van der Waals surface area contributed by atoms with E-state index >= 15 is 0 Å². The van der Waals surface area contributed by atoms with Crippen molar-refractivity contribution in [3.63, 3.8) is 0 Å². The minimum absolute atomic E-state index is 0.121. The van der Waals surface area contributed by atoms with Crippen LogP contribution in [0.3, 0.4) is 0 Å². The van der Waals surface area contributed by atoms with E-state index in [-0.39, 0.29) is 6.61 Å². The summed E-state index contributed by atoms with van der Waals surface area (Å²) >= 11 is 0. The Morgan fingerprint density at radius 1 is 1.21 bits per heavy atom. The SMILES string of the molecule is O=C(CC1CC2CCC1C2)N1CCC(c2ccnn2CCO)CC1. The standard InChI is InChI=1S/C19H29N3O2/c23-10-9-22-18(3-6-20-22)15-4-7-21(8-5-15)19(24)13-17-12-14-1-2-16(17)11-14/h3,6,14-17,23H,1-2,4-5,7-13H2. The number of aliphatic hydroxyl groups is 1. The normalized spacial score (nSPS) is 30.2. The second-order valence-electron chi connectivity index (χ2n) is 8.00. The number of fused-ring (bicyclic) bond motifs is 2. The number of nitrogens with zero attached hydrogens (tertiary/aromatic N) is 3. The lowest BCUT2D eigenvalue weighted by atomic mass is 9.85. The molecule has 24 heavy (non-hydrogen) atoms. The molecule has 1 saturated heterocycles. The van der Waals surface area contributed by atoms with Crippen molar-refractivity contribution in [3.05, 3.63) is 18.0 Å². The quantitative estimate of drug-likeness (QED) is 0.901. The molecule has 3 aliphatic rings. The summed E-state index contributed by atoms with van der Waals surface area (Å²) in [6, 6.07) is 2.06. The molecule has 1 aromatic rings. The van der Waals surface area contributed by atoms with Crippen molar-refractivity contribution >= 4 is 5.91 Å². The number of amides is 1. The smallest absolute Gasteiger partial charge is 0.222 e. The maximum absolute atomic E-state index is 12.7. The number of hydrogen-bond donors (Lipinski definition) is 1. The summed E-state index contributed by atoms with van der Waals surface area (Å²) in [7, 11) is 0. The lowest BCUT2D eigenvalue weighted by Crippen LogP contribution is -2.39. The van der Waals surface area contributed by atoms with Gasteiger partial charge in [-0.3, -0.25) is 9.48 Å². The molecule has 3 unspecified atom stereocenters. The van der Waals surface area contributed by atoms with Crippen LogP contribution in [0, 0.1) is 17.8 Å². The van der Waals surface area contributed by atoms with Crippen LogP contribution in [0.1, 0.15) is 56.6 Å². The van der Waals surface area contributed by atoms with Crippen LogP contribution in [0.2, 0.25) is 0 Å². The van der Waals surface area contributed by atoms with Gasteiger partial charge in [-0.1, -0.05) is 6.42 Å². The molecule has 4 rings (SSSR count). The van der Waals surface area contributed by atoms with Gasteiger partial charge in [-0.05, 0) is 55.9 Å². The van der Waals surface area contributed by atoms with Crippen molar-refractivity contribution in [2.75, 3.05) is 19.7 Å². The van der Waals surface area contributed by atoms with Gasteiger partial charge in [0.25, 0.3) is 0 Å². The number of carbonyl (C=O) groups excluding carboxylic acids is 1. The summed E-state index contributed by atoms with van der Waals surface area (Å²) in [5, 5.41) is 13.4. The predicted molar refractivity (Wildman–Crippen MR) is 91.4 cm³/mol. The van der Waals surface area contributed by atoms with E-state index < -0.39 is 0 Å². The Hall–Kier alpha value is -1.36. The molecule has 1 amide bonds. The molecule has 1 aliphatic heterocycles. The van der Waals surface area contributed by atoms with Crippen LogP contribution in [0.5, 0.6) is 0 Å². The van der Waals surface area contributed by atoms with E-state index in [9.17, 15) is 4.79 Å². The molecule has 0 aromatic carbocycles. The molecule has 0 radical (unpaired) electrons. The highest BCUT2D eigenvalue weighted by Gasteiger charge is 2.40. The zero-order valence-electron chi connectivity index (χ0n) is 14.4. The molecule has 5 nitrogen and oxygen atoms in total. The summed E-state index contributed by atoms with van der Waals surface area (Å²) in [4.78, 5) is 14.8. The van der Waals surface area contributed by atoms with Crippen molar-refractivity contribution in [3.8, 4) is 0 Å². The fourth-order valence-electron chi connectivity index (χ4n) is 5.38. The zero-order valence-corrected chi connectivity index (χ0v) is 14.4. The molecule has 2 aliphatic carbocycles. The van der Waals surface area contributed by atoms with Gasteiger partial charge < -0.3 is 10.0 Å². The molecule has 3 atom stereocenters. The van der Waals surface area contributed by atoms with Crippen LogP contribution < -0.4 is 0 Å². The summed E-state index contributed by atoms with van der Waals surface area (Å²) in [6.07, 6.45) is 10.1. The van der Waals surface area contributed by atoms with Crippen LogP contribution in [-0.2, 0) is 11.3 Å².